The van der Waals surface area contributed by atoms with Crippen LogP contribution < -0.4 is 4.84 Å². The van der Waals surface area contributed by atoms with Crippen molar-refractivity contribution < 1.29 is 38.8 Å². The molecule has 0 aliphatic heterocycles. The maximum absolute atomic E-state index is 11.5. The van der Waals surface area contributed by atoms with Crippen LogP contribution in [0.3, 0.4) is 0 Å². The van der Waals surface area contributed by atoms with Gasteiger partial charge < -0.3 is 34.0 Å². The second kappa shape index (κ2) is 12.6. The summed E-state index contributed by atoms with van der Waals surface area (Å²) < 4.78 is 21.3. The van der Waals surface area contributed by atoms with E-state index in [1.54, 1.807) is 7.11 Å². The fraction of sp³-hybridized carbons (Fsp3) is 0.667. The molecule has 1 aromatic rings. The van der Waals surface area contributed by atoms with E-state index in [1.807, 2.05) is 0 Å². The SMILES string of the molecule is COCCOCCOCCOCCCC(=O)On1c(O)ccc1O. The lowest BCUT2D eigenvalue weighted by Crippen LogP contribution is -2.19. The van der Waals surface area contributed by atoms with Gasteiger partial charge in [0.15, 0.2) is 0 Å². The van der Waals surface area contributed by atoms with Gasteiger partial charge in [0.1, 0.15) is 0 Å². The first-order valence-corrected chi connectivity index (χ1v) is 7.68. The van der Waals surface area contributed by atoms with E-state index in [4.69, 9.17) is 23.8 Å². The average molecular weight is 347 g/mol. The van der Waals surface area contributed by atoms with Gasteiger partial charge in [0.2, 0.25) is 11.8 Å². The molecule has 0 radical (unpaired) electrons. The number of rotatable bonds is 14. The van der Waals surface area contributed by atoms with Crippen LogP contribution in [0.1, 0.15) is 12.8 Å². The molecule has 0 unspecified atom stereocenters. The largest absolute Gasteiger partial charge is 0.492 e. The van der Waals surface area contributed by atoms with Gasteiger partial charge in [-0.3, -0.25) is 0 Å². The van der Waals surface area contributed by atoms with Gasteiger partial charge in [0, 0.05) is 25.8 Å². The Bertz CT molecular complexity index is 443. The number of methoxy groups -OCH3 is 1. The summed E-state index contributed by atoms with van der Waals surface area (Å²) in [5, 5.41) is 18.7. The molecule has 0 saturated carbocycles. The van der Waals surface area contributed by atoms with E-state index in [-0.39, 0.29) is 18.2 Å². The number of ether oxygens (including phenoxy) is 4. The summed E-state index contributed by atoms with van der Waals surface area (Å²) in [7, 11) is 1.62. The van der Waals surface area contributed by atoms with Gasteiger partial charge in [-0.1, -0.05) is 0 Å². The third-order valence-corrected chi connectivity index (χ3v) is 2.84. The number of nitrogens with zero attached hydrogens (tertiary/aromatic N) is 1. The lowest BCUT2D eigenvalue weighted by molar-refractivity contribution is -0.145. The van der Waals surface area contributed by atoms with Crippen molar-refractivity contribution in [2.24, 2.45) is 0 Å². The quantitative estimate of drug-likeness (QED) is 0.464. The molecule has 0 bridgehead atoms. The number of carbonyl (C=O) groups is 1. The number of hydrogen-bond donors (Lipinski definition) is 2. The predicted molar refractivity (Wildman–Crippen MR) is 82.9 cm³/mol. The highest BCUT2D eigenvalue weighted by molar-refractivity contribution is 5.69. The zero-order valence-corrected chi connectivity index (χ0v) is 13.8. The second-order valence-electron chi connectivity index (χ2n) is 4.74. The Morgan fingerprint density at radius 1 is 0.917 bits per heavy atom. The molecular weight excluding hydrogens is 322 g/mol. The normalized spacial score (nSPS) is 10.9. The average Bonchev–Trinajstić information content (AvgIpc) is 2.88. The maximum Gasteiger partial charge on any atom is 0.333 e. The standard InChI is InChI=1S/C15H25NO8/c1-20-7-8-22-11-12-23-10-9-21-6-2-3-15(19)24-16-13(17)4-5-14(16)18/h4-5,17-18H,2-3,6-12H2,1H3. The summed E-state index contributed by atoms with van der Waals surface area (Å²) in [6.45, 7) is 3.36. The first kappa shape index (κ1) is 20.2. The van der Waals surface area contributed by atoms with Crippen LogP contribution in [0.4, 0.5) is 0 Å². The van der Waals surface area contributed by atoms with Crippen LogP contribution in [-0.4, -0.2) is 74.3 Å². The Morgan fingerprint density at radius 3 is 1.96 bits per heavy atom. The molecule has 1 rings (SSSR count). The molecule has 2 N–H and O–H groups in total. The Morgan fingerprint density at radius 2 is 1.42 bits per heavy atom. The number of carbonyl (C=O) groups excluding carboxylic acids is 1. The van der Waals surface area contributed by atoms with Crippen molar-refractivity contribution in [3.63, 3.8) is 0 Å². The smallest absolute Gasteiger partial charge is 0.333 e. The van der Waals surface area contributed by atoms with E-state index in [9.17, 15) is 15.0 Å². The highest BCUT2D eigenvalue weighted by Crippen LogP contribution is 2.18. The molecule has 9 nitrogen and oxygen atoms in total. The monoisotopic (exact) mass is 347 g/mol. The van der Waals surface area contributed by atoms with E-state index in [2.05, 4.69) is 0 Å². The summed E-state index contributed by atoms with van der Waals surface area (Å²) >= 11 is 0. The van der Waals surface area contributed by atoms with Crippen LogP contribution in [0, 0.1) is 0 Å². The van der Waals surface area contributed by atoms with Crippen molar-refractivity contribution in [3.8, 4) is 11.8 Å². The van der Waals surface area contributed by atoms with E-state index >= 15 is 0 Å². The highest BCUT2D eigenvalue weighted by Gasteiger charge is 2.11. The maximum atomic E-state index is 11.5. The first-order valence-electron chi connectivity index (χ1n) is 7.68. The zero-order valence-electron chi connectivity index (χ0n) is 13.8. The lowest BCUT2D eigenvalue weighted by Gasteiger charge is -2.08. The molecule has 0 fully saturated rings. The summed E-state index contributed by atoms with van der Waals surface area (Å²) in [6, 6.07) is 2.43. The van der Waals surface area contributed by atoms with E-state index in [0.29, 0.717) is 57.4 Å². The molecule has 0 atom stereocenters. The molecule has 0 saturated heterocycles. The van der Waals surface area contributed by atoms with Crippen LogP contribution in [-0.2, 0) is 23.7 Å². The summed E-state index contributed by atoms with van der Waals surface area (Å²) in [4.78, 5) is 16.3. The minimum absolute atomic E-state index is 0.102. The number of hydrogen-bond acceptors (Lipinski definition) is 8. The fourth-order valence-electron chi connectivity index (χ4n) is 1.65. The molecular formula is C15H25NO8. The van der Waals surface area contributed by atoms with Crippen LogP contribution in [0.2, 0.25) is 0 Å². The predicted octanol–water partition coefficient (Wildman–Crippen LogP) is 0.331. The van der Waals surface area contributed by atoms with Crippen molar-refractivity contribution in [2.75, 3.05) is 53.4 Å². The highest BCUT2D eigenvalue weighted by atomic mass is 16.7. The minimum Gasteiger partial charge on any atom is -0.492 e. The van der Waals surface area contributed by atoms with Crippen molar-refractivity contribution in [3.05, 3.63) is 12.1 Å². The van der Waals surface area contributed by atoms with Gasteiger partial charge in [0.25, 0.3) is 0 Å². The molecule has 24 heavy (non-hydrogen) atoms. The lowest BCUT2D eigenvalue weighted by atomic mass is 10.3. The van der Waals surface area contributed by atoms with Gasteiger partial charge >= 0.3 is 5.97 Å². The molecule has 9 heteroatoms. The van der Waals surface area contributed by atoms with Gasteiger partial charge in [-0.25, -0.2) is 4.79 Å². The van der Waals surface area contributed by atoms with Gasteiger partial charge in [-0.05, 0) is 6.42 Å². The Hall–Kier alpha value is -1.81. The molecule has 0 amide bonds. The molecule has 0 aromatic carbocycles. The summed E-state index contributed by atoms with van der Waals surface area (Å²) in [5.41, 5.74) is 0. The van der Waals surface area contributed by atoms with Crippen molar-refractivity contribution in [1.82, 2.24) is 4.73 Å². The Balaban J connectivity index is 1.91. The van der Waals surface area contributed by atoms with E-state index < -0.39 is 5.97 Å². The zero-order chi connectivity index (χ0) is 17.6. The number of aromatic nitrogens is 1. The van der Waals surface area contributed by atoms with Crippen molar-refractivity contribution in [1.29, 1.82) is 0 Å². The topological polar surface area (TPSA) is 109 Å². The van der Waals surface area contributed by atoms with E-state index in [0.717, 1.165) is 0 Å². The minimum atomic E-state index is -0.579. The van der Waals surface area contributed by atoms with Crippen LogP contribution in [0.15, 0.2) is 12.1 Å². The van der Waals surface area contributed by atoms with Gasteiger partial charge in [-0.2, -0.15) is 0 Å². The van der Waals surface area contributed by atoms with Crippen molar-refractivity contribution in [2.45, 2.75) is 12.8 Å². The van der Waals surface area contributed by atoms with Crippen molar-refractivity contribution >= 4 is 5.97 Å². The molecule has 0 spiro atoms. The van der Waals surface area contributed by atoms with Crippen LogP contribution in [0.25, 0.3) is 0 Å². The molecule has 138 valence electrons. The van der Waals surface area contributed by atoms with Gasteiger partial charge in [-0.15, -0.1) is 4.73 Å². The Kier molecular flexibility index (Phi) is 10.6. The molecule has 0 aliphatic carbocycles. The third-order valence-electron chi connectivity index (χ3n) is 2.84. The van der Waals surface area contributed by atoms with Gasteiger partial charge in [0.05, 0.1) is 46.1 Å². The summed E-state index contributed by atoms with van der Waals surface area (Å²) in [6.07, 6.45) is 0.563. The van der Waals surface area contributed by atoms with Crippen LogP contribution in [0.5, 0.6) is 11.8 Å². The Labute approximate surface area is 140 Å². The first-order chi connectivity index (χ1) is 11.6. The second-order valence-corrected chi connectivity index (χ2v) is 4.74. The number of aromatic hydroxyl groups is 2. The molecule has 1 aromatic heterocycles. The van der Waals surface area contributed by atoms with E-state index in [1.165, 1.54) is 12.1 Å². The van der Waals surface area contributed by atoms with Crippen LogP contribution >= 0.6 is 0 Å². The third kappa shape index (κ3) is 8.73. The summed E-state index contributed by atoms with van der Waals surface area (Å²) in [5.74, 6) is -1.27. The molecule has 0 aliphatic rings. The fourth-order valence-corrected chi connectivity index (χ4v) is 1.65. The molecule has 1 heterocycles.